The fraction of sp³-hybridized carbons (Fsp3) is 0.684. The predicted molar refractivity (Wildman–Crippen MR) is 111 cm³/mol. The lowest BCUT2D eigenvalue weighted by molar-refractivity contribution is 0.0956. The van der Waals surface area contributed by atoms with Crippen LogP contribution in [0.3, 0.4) is 0 Å². The van der Waals surface area contributed by atoms with Crippen LogP contribution in [0.5, 0.6) is 0 Å². The molecule has 1 amide bonds. The van der Waals surface area contributed by atoms with E-state index in [1.54, 1.807) is 11.8 Å². The van der Waals surface area contributed by atoms with Gasteiger partial charge in [0.05, 0.1) is 10.7 Å². The van der Waals surface area contributed by atoms with Gasteiger partial charge in [0.1, 0.15) is 10.7 Å². The minimum atomic E-state index is -0.0148. The van der Waals surface area contributed by atoms with E-state index in [9.17, 15) is 4.79 Å². The first-order valence-corrected chi connectivity index (χ1v) is 11.8. The molecule has 1 N–H and O–H groups in total. The number of carbonyl (C=O) groups is 1. The Morgan fingerprint density at radius 1 is 1.33 bits per heavy atom. The normalized spacial score (nSPS) is 15.0. The molecule has 1 aliphatic rings. The molecule has 1 fully saturated rings. The Hall–Kier alpha value is -1.41. The zero-order valence-electron chi connectivity index (χ0n) is 16.6. The number of thiazole rings is 1. The Bertz CT molecular complexity index is 777. The van der Waals surface area contributed by atoms with Crippen LogP contribution in [0.2, 0.25) is 0 Å². The fourth-order valence-corrected chi connectivity index (χ4v) is 5.11. The minimum absolute atomic E-state index is 0.0148. The van der Waals surface area contributed by atoms with Crippen molar-refractivity contribution in [1.82, 2.24) is 25.1 Å². The molecule has 2 aromatic rings. The number of amides is 1. The number of nitrogens with one attached hydrogen (secondary N) is 1. The summed E-state index contributed by atoms with van der Waals surface area (Å²) in [6, 6.07) is 0.543. The molecule has 27 heavy (non-hydrogen) atoms. The van der Waals surface area contributed by atoms with Gasteiger partial charge in [-0.1, -0.05) is 38.5 Å². The molecule has 1 saturated carbocycles. The number of carbonyl (C=O) groups excluding carboxylic acids is 1. The van der Waals surface area contributed by atoms with Gasteiger partial charge < -0.3 is 9.88 Å². The fourth-order valence-electron chi connectivity index (χ4n) is 3.55. The van der Waals surface area contributed by atoms with Crippen LogP contribution in [-0.4, -0.2) is 38.5 Å². The van der Waals surface area contributed by atoms with Gasteiger partial charge in [-0.3, -0.25) is 4.79 Å². The van der Waals surface area contributed by atoms with Crippen molar-refractivity contribution < 1.29 is 4.79 Å². The molecule has 0 bridgehead atoms. The van der Waals surface area contributed by atoms with E-state index in [0.29, 0.717) is 18.5 Å². The van der Waals surface area contributed by atoms with E-state index in [1.165, 1.54) is 37.0 Å². The summed E-state index contributed by atoms with van der Waals surface area (Å²) >= 11 is 3.17. The third-order valence-electron chi connectivity index (χ3n) is 4.98. The van der Waals surface area contributed by atoms with E-state index in [4.69, 9.17) is 0 Å². The third kappa shape index (κ3) is 4.71. The molecular weight excluding hydrogens is 378 g/mol. The van der Waals surface area contributed by atoms with E-state index < -0.39 is 0 Å². The van der Waals surface area contributed by atoms with Crippen molar-refractivity contribution >= 4 is 29.0 Å². The van der Waals surface area contributed by atoms with Gasteiger partial charge >= 0.3 is 0 Å². The first kappa shape index (κ1) is 20.3. The Balaban J connectivity index is 1.55. The van der Waals surface area contributed by atoms with Crippen LogP contribution in [0.15, 0.2) is 5.16 Å². The molecule has 2 aromatic heterocycles. The van der Waals surface area contributed by atoms with E-state index in [2.05, 4.69) is 45.2 Å². The lowest BCUT2D eigenvalue weighted by atomic mass is 10.2. The second-order valence-corrected chi connectivity index (χ2v) is 9.20. The molecule has 148 valence electrons. The van der Waals surface area contributed by atoms with E-state index in [-0.39, 0.29) is 5.91 Å². The van der Waals surface area contributed by atoms with Gasteiger partial charge in [0.25, 0.3) is 5.91 Å². The summed E-state index contributed by atoms with van der Waals surface area (Å²) in [5, 5.41) is 13.8. The average Bonchev–Trinajstić information content (AvgIpc) is 3.37. The zero-order valence-corrected chi connectivity index (χ0v) is 18.3. The molecule has 0 saturated heterocycles. The van der Waals surface area contributed by atoms with Crippen molar-refractivity contribution in [2.24, 2.45) is 0 Å². The average molecular weight is 408 g/mol. The lowest BCUT2D eigenvalue weighted by Crippen LogP contribution is -2.25. The molecule has 1 aliphatic carbocycles. The molecule has 0 unspecified atom stereocenters. The topological polar surface area (TPSA) is 72.7 Å². The van der Waals surface area contributed by atoms with Gasteiger partial charge in [-0.15, -0.1) is 21.5 Å². The Morgan fingerprint density at radius 3 is 2.70 bits per heavy atom. The lowest BCUT2D eigenvalue weighted by Gasteiger charge is -2.16. The number of aromatic nitrogens is 4. The maximum absolute atomic E-state index is 12.5. The maximum Gasteiger partial charge on any atom is 0.263 e. The van der Waals surface area contributed by atoms with Crippen LogP contribution in [0.25, 0.3) is 0 Å². The van der Waals surface area contributed by atoms with Crippen LogP contribution >= 0.6 is 23.1 Å². The monoisotopic (exact) mass is 407 g/mol. The molecule has 0 aliphatic heterocycles. The van der Waals surface area contributed by atoms with Crippen LogP contribution < -0.4 is 5.32 Å². The molecular formula is C19H29N5OS2. The summed E-state index contributed by atoms with van der Waals surface area (Å²) in [5.74, 6) is 1.39. The Kier molecular flexibility index (Phi) is 6.92. The van der Waals surface area contributed by atoms with Crippen molar-refractivity contribution in [3.8, 4) is 0 Å². The van der Waals surface area contributed by atoms with Gasteiger partial charge in [0.2, 0.25) is 0 Å². The summed E-state index contributed by atoms with van der Waals surface area (Å²) in [6.45, 7) is 6.75. The highest BCUT2D eigenvalue weighted by atomic mass is 32.2. The molecule has 0 radical (unpaired) electrons. The summed E-state index contributed by atoms with van der Waals surface area (Å²) in [4.78, 5) is 17.7. The number of hydrogen-bond acceptors (Lipinski definition) is 6. The zero-order chi connectivity index (χ0) is 19.4. The highest BCUT2D eigenvalue weighted by molar-refractivity contribution is 7.98. The van der Waals surface area contributed by atoms with Gasteiger partial charge in [0, 0.05) is 24.9 Å². The smallest absolute Gasteiger partial charge is 0.263 e. The van der Waals surface area contributed by atoms with E-state index >= 15 is 0 Å². The molecule has 2 heterocycles. The third-order valence-corrected chi connectivity index (χ3v) is 7.08. The maximum atomic E-state index is 12.5. The molecule has 6 nitrogen and oxygen atoms in total. The summed E-state index contributed by atoms with van der Waals surface area (Å²) in [6.07, 6.45) is 8.78. The second kappa shape index (κ2) is 9.19. The second-order valence-electron chi connectivity index (χ2n) is 7.39. The van der Waals surface area contributed by atoms with Gasteiger partial charge in [-0.05, 0) is 32.4 Å². The first-order valence-electron chi connectivity index (χ1n) is 9.74. The van der Waals surface area contributed by atoms with Gasteiger partial charge in [-0.2, -0.15) is 0 Å². The van der Waals surface area contributed by atoms with Gasteiger partial charge in [0.15, 0.2) is 5.16 Å². The molecule has 8 heteroatoms. The predicted octanol–water partition coefficient (Wildman–Crippen LogP) is 4.37. The SMILES string of the molecule is CSc1nnc(CCCNC(=O)c2sc(C(C)C)nc2C)n1C1CCCC1. The summed E-state index contributed by atoms with van der Waals surface area (Å²) < 4.78 is 2.34. The van der Waals surface area contributed by atoms with Crippen molar-refractivity contribution in [3.63, 3.8) is 0 Å². The van der Waals surface area contributed by atoms with Crippen molar-refractivity contribution in [2.75, 3.05) is 12.8 Å². The number of hydrogen-bond donors (Lipinski definition) is 1. The Morgan fingerprint density at radius 2 is 2.07 bits per heavy atom. The van der Waals surface area contributed by atoms with Gasteiger partial charge in [-0.25, -0.2) is 4.98 Å². The molecule has 0 spiro atoms. The minimum Gasteiger partial charge on any atom is -0.351 e. The summed E-state index contributed by atoms with van der Waals surface area (Å²) in [5.41, 5.74) is 0.826. The van der Waals surface area contributed by atoms with Crippen molar-refractivity contribution in [2.45, 2.75) is 76.4 Å². The quantitative estimate of drug-likeness (QED) is 0.520. The van der Waals surface area contributed by atoms with Crippen LogP contribution in [0.4, 0.5) is 0 Å². The molecule has 3 rings (SSSR count). The number of nitrogens with zero attached hydrogens (tertiary/aromatic N) is 4. The van der Waals surface area contributed by atoms with Crippen molar-refractivity contribution in [3.05, 3.63) is 21.4 Å². The largest absolute Gasteiger partial charge is 0.351 e. The number of thioether (sulfide) groups is 1. The molecule has 0 atom stereocenters. The van der Waals surface area contributed by atoms with E-state index in [1.807, 2.05) is 6.92 Å². The standard InChI is InChI=1S/C19H29N5OS2/c1-12(2)18-21-13(3)16(27-18)17(25)20-11-7-10-15-22-23-19(26-4)24(15)14-8-5-6-9-14/h12,14H,5-11H2,1-4H3,(H,20,25). The van der Waals surface area contributed by atoms with Crippen LogP contribution in [-0.2, 0) is 6.42 Å². The van der Waals surface area contributed by atoms with E-state index in [0.717, 1.165) is 39.4 Å². The van der Waals surface area contributed by atoms with Crippen molar-refractivity contribution in [1.29, 1.82) is 0 Å². The highest BCUT2D eigenvalue weighted by Crippen LogP contribution is 2.33. The molecule has 0 aromatic carbocycles. The number of rotatable bonds is 8. The first-order chi connectivity index (χ1) is 13.0. The highest BCUT2D eigenvalue weighted by Gasteiger charge is 2.23. The van der Waals surface area contributed by atoms with Crippen LogP contribution in [0.1, 0.15) is 84.1 Å². The van der Waals surface area contributed by atoms with Crippen LogP contribution in [0, 0.1) is 6.92 Å². The number of aryl methyl sites for hydroxylation is 2. The Labute approximate surface area is 169 Å². The summed E-state index contributed by atoms with van der Waals surface area (Å²) in [7, 11) is 0.